The fraction of sp³-hybridized carbons (Fsp3) is 0.500. The van der Waals surface area contributed by atoms with E-state index in [4.69, 9.17) is 9.26 Å². The van der Waals surface area contributed by atoms with Gasteiger partial charge in [-0.1, -0.05) is 5.16 Å². The van der Waals surface area contributed by atoms with Crippen LogP contribution in [-0.4, -0.2) is 50.0 Å². The number of carbonyl (C=O) groups is 1. The molecule has 2 aromatic heterocycles. The lowest BCUT2D eigenvalue weighted by molar-refractivity contribution is -0.385. The predicted octanol–water partition coefficient (Wildman–Crippen LogP) is 0.131. The summed E-state index contributed by atoms with van der Waals surface area (Å²) in [6.45, 7) is 1.17. The number of nitrogens with zero attached hydrogens (tertiary/aromatic N) is 5. The van der Waals surface area contributed by atoms with E-state index in [-0.39, 0.29) is 30.1 Å². The number of amides is 1. The Bertz CT molecular complexity index is 704. The van der Waals surface area contributed by atoms with Crippen molar-refractivity contribution in [3.63, 3.8) is 0 Å². The number of hydrogen-bond donors (Lipinski definition) is 1. The Morgan fingerprint density at radius 2 is 2.43 bits per heavy atom. The Kier molecular flexibility index (Phi) is 4.28. The lowest BCUT2D eigenvalue weighted by atomic mass is 10.2. The minimum Gasteiger partial charge on any atom is -0.376 e. The summed E-state index contributed by atoms with van der Waals surface area (Å²) in [5, 5.41) is 20.7. The number of rotatable bonds is 6. The summed E-state index contributed by atoms with van der Waals surface area (Å²) in [6, 6.07) is 0. The number of nitro groups is 1. The standard InChI is InChI=1S/C12H14N6O5/c19-11(13-5-9-2-1-3-22-9)12-15-10(16-23-12)7-17-6-8(4-14-17)18(20)21/h4,6,9H,1-3,5,7H2,(H,13,19)/t9-/m0/s1. The molecule has 3 heterocycles. The summed E-state index contributed by atoms with van der Waals surface area (Å²) in [5.74, 6) is -0.449. The maximum atomic E-state index is 11.9. The van der Waals surface area contributed by atoms with Gasteiger partial charge < -0.3 is 14.6 Å². The SMILES string of the molecule is O=C(NC[C@@H]1CCCO1)c1nc(Cn2cc([N+](=O)[O-])cn2)no1. The van der Waals surface area contributed by atoms with Crippen LogP contribution in [-0.2, 0) is 11.3 Å². The average molecular weight is 322 g/mol. The van der Waals surface area contributed by atoms with Crippen molar-refractivity contribution in [3.05, 3.63) is 34.2 Å². The fourth-order valence-corrected chi connectivity index (χ4v) is 2.18. The van der Waals surface area contributed by atoms with Crippen LogP contribution >= 0.6 is 0 Å². The van der Waals surface area contributed by atoms with Crippen molar-refractivity contribution in [2.24, 2.45) is 0 Å². The van der Waals surface area contributed by atoms with E-state index < -0.39 is 10.8 Å². The Morgan fingerprint density at radius 1 is 1.57 bits per heavy atom. The van der Waals surface area contributed by atoms with Crippen LogP contribution in [0.2, 0.25) is 0 Å². The predicted molar refractivity (Wildman–Crippen MR) is 73.6 cm³/mol. The fourth-order valence-electron chi connectivity index (χ4n) is 2.18. The zero-order valence-corrected chi connectivity index (χ0v) is 12.0. The molecule has 122 valence electrons. The normalized spacial score (nSPS) is 17.3. The molecule has 0 bridgehead atoms. The van der Waals surface area contributed by atoms with E-state index in [1.165, 1.54) is 10.9 Å². The highest BCUT2D eigenvalue weighted by atomic mass is 16.6. The molecule has 0 unspecified atom stereocenters. The monoisotopic (exact) mass is 322 g/mol. The number of nitrogens with one attached hydrogen (secondary N) is 1. The van der Waals surface area contributed by atoms with Gasteiger partial charge in [0.1, 0.15) is 18.9 Å². The molecule has 1 atom stereocenters. The summed E-state index contributed by atoms with van der Waals surface area (Å²) < 4.78 is 11.6. The zero-order chi connectivity index (χ0) is 16.2. The Labute approximate surface area is 129 Å². The van der Waals surface area contributed by atoms with Crippen molar-refractivity contribution in [1.29, 1.82) is 0 Å². The van der Waals surface area contributed by atoms with Crippen LogP contribution < -0.4 is 5.32 Å². The lowest BCUT2D eigenvalue weighted by Gasteiger charge is -2.08. The smallest absolute Gasteiger partial charge is 0.316 e. The second-order valence-corrected chi connectivity index (χ2v) is 5.01. The second-order valence-electron chi connectivity index (χ2n) is 5.01. The van der Waals surface area contributed by atoms with Gasteiger partial charge in [-0.2, -0.15) is 10.1 Å². The topological polar surface area (TPSA) is 138 Å². The second kappa shape index (κ2) is 6.52. The molecule has 11 heteroatoms. The van der Waals surface area contributed by atoms with Gasteiger partial charge in [-0.3, -0.25) is 19.6 Å². The molecule has 0 aliphatic carbocycles. The summed E-state index contributed by atoms with van der Waals surface area (Å²) in [7, 11) is 0. The first-order valence-electron chi connectivity index (χ1n) is 7.01. The molecule has 0 saturated carbocycles. The van der Waals surface area contributed by atoms with Crippen LogP contribution in [0.3, 0.4) is 0 Å². The first-order chi connectivity index (χ1) is 11.1. The van der Waals surface area contributed by atoms with Crippen molar-refractivity contribution in [3.8, 4) is 0 Å². The largest absolute Gasteiger partial charge is 0.376 e. The van der Waals surface area contributed by atoms with Gasteiger partial charge in [0.25, 0.3) is 0 Å². The van der Waals surface area contributed by atoms with Gasteiger partial charge in [0.2, 0.25) is 0 Å². The molecule has 1 aliphatic heterocycles. The van der Waals surface area contributed by atoms with Crippen LogP contribution in [0.1, 0.15) is 29.4 Å². The van der Waals surface area contributed by atoms with Crippen LogP contribution in [0.4, 0.5) is 5.69 Å². The highest BCUT2D eigenvalue weighted by Gasteiger charge is 2.20. The lowest BCUT2D eigenvalue weighted by Crippen LogP contribution is -2.31. The molecule has 1 fully saturated rings. The summed E-state index contributed by atoms with van der Waals surface area (Å²) in [6.07, 6.45) is 4.28. The molecule has 2 aromatic rings. The third-order valence-electron chi connectivity index (χ3n) is 3.31. The molecule has 0 aromatic carbocycles. The van der Waals surface area contributed by atoms with Crippen LogP contribution in [0, 0.1) is 10.1 Å². The van der Waals surface area contributed by atoms with Crippen LogP contribution in [0.5, 0.6) is 0 Å². The minimum atomic E-state index is -0.552. The van der Waals surface area contributed by atoms with Crippen molar-refractivity contribution in [1.82, 2.24) is 25.2 Å². The Balaban J connectivity index is 1.56. The number of carbonyl (C=O) groups excluding carboxylic acids is 1. The minimum absolute atomic E-state index is 0.0194. The van der Waals surface area contributed by atoms with Crippen molar-refractivity contribution < 1.29 is 19.0 Å². The van der Waals surface area contributed by atoms with E-state index in [0.717, 1.165) is 19.0 Å². The molecule has 0 spiro atoms. The Hall–Kier alpha value is -2.82. The zero-order valence-electron chi connectivity index (χ0n) is 12.0. The first kappa shape index (κ1) is 15.1. The van der Waals surface area contributed by atoms with Gasteiger partial charge in [-0.25, -0.2) is 0 Å². The third-order valence-corrected chi connectivity index (χ3v) is 3.31. The van der Waals surface area contributed by atoms with Crippen LogP contribution in [0.15, 0.2) is 16.9 Å². The van der Waals surface area contributed by atoms with Gasteiger partial charge >= 0.3 is 17.5 Å². The van der Waals surface area contributed by atoms with E-state index in [1.54, 1.807) is 0 Å². The molecule has 1 amide bonds. The molecule has 11 nitrogen and oxygen atoms in total. The van der Waals surface area contributed by atoms with Gasteiger partial charge in [0.15, 0.2) is 5.82 Å². The third kappa shape index (κ3) is 3.69. The van der Waals surface area contributed by atoms with E-state index in [2.05, 4.69) is 20.6 Å². The maximum Gasteiger partial charge on any atom is 0.316 e. The van der Waals surface area contributed by atoms with Crippen LogP contribution in [0.25, 0.3) is 0 Å². The molecule has 1 N–H and O–H groups in total. The maximum absolute atomic E-state index is 11.9. The van der Waals surface area contributed by atoms with E-state index >= 15 is 0 Å². The van der Waals surface area contributed by atoms with E-state index in [9.17, 15) is 14.9 Å². The Morgan fingerprint density at radius 3 is 3.13 bits per heavy atom. The number of hydrogen-bond acceptors (Lipinski definition) is 8. The molecular weight excluding hydrogens is 308 g/mol. The molecule has 3 rings (SSSR count). The quantitative estimate of drug-likeness (QED) is 0.585. The summed E-state index contributed by atoms with van der Waals surface area (Å²) in [5.41, 5.74) is -0.136. The molecule has 1 aliphatic rings. The van der Waals surface area contributed by atoms with Crippen molar-refractivity contribution in [2.45, 2.75) is 25.5 Å². The number of aromatic nitrogens is 4. The van der Waals surface area contributed by atoms with Crippen molar-refractivity contribution >= 4 is 11.6 Å². The number of ether oxygens (including phenoxy) is 1. The molecule has 1 saturated heterocycles. The average Bonchev–Trinajstić information content (AvgIpc) is 3.27. The highest BCUT2D eigenvalue weighted by Crippen LogP contribution is 2.11. The van der Waals surface area contributed by atoms with Gasteiger partial charge in [0, 0.05) is 13.2 Å². The van der Waals surface area contributed by atoms with Gasteiger partial charge in [0.05, 0.1) is 11.0 Å². The van der Waals surface area contributed by atoms with Gasteiger partial charge in [-0.15, -0.1) is 0 Å². The van der Waals surface area contributed by atoms with E-state index in [1.807, 2.05) is 0 Å². The highest BCUT2D eigenvalue weighted by molar-refractivity contribution is 5.89. The van der Waals surface area contributed by atoms with E-state index in [0.29, 0.717) is 13.2 Å². The molecule has 0 radical (unpaired) electrons. The summed E-state index contributed by atoms with van der Waals surface area (Å²) >= 11 is 0. The van der Waals surface area contributed by atoms with Gasteiger partial charge in [-0.05, 0) is 12.8 Å². The first-order valence-corrected chi connectivity index (χ1v) is 7.01. The van der Waals surface area contributed by atoms with Crippen molar-refractivity contribution in [2.75, 3.05) is 13.2 Å². The summed E-state index contributed by atoms with van der Waals surface area (Å²) in [4.78, 5) is 25.9. The molecular formula is C12H14N6O5. The molecule has 23 heavy (non-hydrogen) atoms.